The summed E-state index contributed by atoms with van der Waals surface area (Å²) < 4.78 is 5.70. The molecule has 6 nitrogen and oxygen atoms in total. The summed E-state index contributed by atoms with van der Waals surface area (Å²) >= 11 is 11.0. The SMILES string of the molecule is CC(C(=O)[O-])N1C(=O)/C(=C/c2ccc(-c3cccc(Cl)c3)o2)NC1=S. The van der Waals surface area contributed by atoms with Crippen LogP contribution in [0.5, 0.6) is 0 Å². The number of amides is 1. The van der Waals surface area contributed by atoms with E-state index in [-0.39, 0.29) is 10.8 Å². The standard InChI is InChI=1S/C17H13ClN2O4S/c1-9(16(22)23)20-15(21)13(19-17(20)25)8-12-5-6-14(24-12)10-3-2-4-11(18)7-10/h2-9H,1H3,(H,19,25)(H,22,23)/p-1/b13-8-. The van der Waals surface area contributed by atoms with E-state index < -0.39 is 17.9 Å². The number of carboxylic acids is 1. The lowest BCUT2D eigenvalue weighted by molar-refractivity contribution is -0.309. The highest BCUT2D eigenvalue weighted by atomic mass is 35.5. The molecule has 8 heteroatoms. The Morgan fingerprint density at radius 1 is 1.40 bits per heavy atom. The van der Waals surface area contributed by atoms with Crippen LogP contribution in [0.3, 0.4) is 0 Å². The highest BCUT2D eigenvalue weighted by Crippen LogP contribution is 2.26. The van der Waals surface area contributed by atoms with Crippen LogP contribution in [0.1, 0.15) is 12.7 Å². The van der Waals surface area contributed by atoms with E-state index in [1.165, 1.54) is 13.0 Å². The fraction of sp³-hybridized carbons (Fsp3) is 0.118. The number of thiocarbonyl (C=S) groups is 1. The van der Waals surface area contributed by atoms with Crippen molar-refractivity contribution in [3.05, 3.63) is 52.9 Å². The van der Waals surface area contributed by atoms with Gasteiger partial charge in [-0.2, -0.15) is 0 Å². The van der Waals surface area contributed by atoms with Crippen LogP contribution in [0.2, 0.25) is 5.02 Å². The third kappa shape index (κ3) is 3.42. The summed E-state index contributed by atoms with van der Waals surface area (Å²) in [5, 5.41) is 14.3. The molecule has 1 unspecified atom stereocenters. The van der Waals surface area contributed by atoms with E-state index in [1.54, 1.807) is 30.3 Å². The molecule has 0 radical (unpaired) electrons. The van der Waals surface area contributed by atoms with E-state index in [1.807, 2.05) is 6.07 Å². The summed E-state index contributed by atoms with van der Waals surface area (Å²) in [4.78, 5) is 24.3. The molecule has 3 rings (SSSR count). The zero-order valence-electron chi connectivity index (χ0n) is 13.0. The summed E-state index contributed by atoms with van der Waals surface area (Å²) in [6.45, 7) is 1.33. The molecule has 1 N–H and O–H groups in total. The van der Waals surface area contributed by atoms with Gasteiger partial charge in [0.05, 0.1) is 12.0 Å². The lowest BCUT2D eigenvalue weighted by Crippen LogP contribution is -2.49. The molecule has 1 aliphatic rings. The van der Waals surface area contributed by atoms with Gasteiger partial charge in [0.2, 0.25) is 0 Å². The highest BCUT2D eigenvalue weighted by molar-refractivity contribution is 7.80. The zero-order chi connectivity index (χ0) is 18.1. The number of nitrogens with one attached hydrogen (secondary N) is 1. The number of carbonyl (C=O) groups is 2. The van der Waals surface area contributed by atoms with Crippen LogP contribution < -0.4 is 10.4 Å². The first-order chi connectivity index (χ1) is 11.9. The first kappa shape index (κ1) is 17.2. The smallest absolute Gasteiger partial charge is 0.277 e. The molecular weight excluding hydrogens is 364 g/mol. The van der Waals surface area contributed by atoms with Crippen molar-refractivity contribution in [2.24, 2.45) is 0 Å². The van der Waals surface area contributed by atoms with Crippen molar-refractivity contribution < 1.29 is 19.1 Å². The lowest BCUT2D eigenvalue weighted by atomic mass is 10.2. The first-order valence-corrected chi connectivity index (χ1v) is 8.08. The van der Waals surface area contributed by atoms with Gasteiger partial charge >= 0.3 is 0 Å². The Morgan fingerprint density at radius 2 is 2.16 bits per heavy atom. The van der Waals surface area contributed by atoms with E-state index in [4.69, 9.17) is 28.2 Å². The lowest BCUT2D eigenvalue weighted by Gasteiger charge is -2.23. The predicted octanol–water partition coefficient (Wildman–Crippen LogP) is 1.80. The Balaban J connectivity index is 1.86. The number of furan rings is 1. The van der Waals surface area contributed by atoms with E-state index in [9.17, 15) is 14.7 Å². The van der Waals surface area contributed by atoms with Crippen molar-refractivity contribution in [3.8, 4) is 11.3 Å². The van der Waals surface area contributed by atoms with Crippen LogP contribution in [0.15, 0.2) is 46.5 Å². The monoisotopic (exact) mass is 375 g/mol. The van der Waals surface area contributed by atoms with Gasteiger partial charge in [-0.3, -0.25) is 9.69 Å². The number of hydrogen-bond acceptors (Lipinski definition) is 5. The van der Waals surface area contributed by atoms with Crippen molar-refractivity contribution in [1.82, 2.24) is 10.2 Å². The van der Waals surface area contributed by atoms with Gasteiger partial charge < -0.3 is 19.6 Å². The number of benzene rings is 1. The van der Waals surface area contributed by atoms with Gasteiger partial charge in [-0.15, -0.1) is 0 Å². The van der Waals surface area contributed by atoms with E-state index >= 15 is 0 Å². The maximum Gasteiger partial charge on any atom is 0.277 e. The highest BCUT2D eigenvalue weighted by Gasteiger charge is 2.34. The Morgan fingerprint density at radius 3 is 2.84 bits per heavy atom. The number of aliphatic carboxylic acids is 1. The Bertz CT molecular complexity index is 906. The van der Waals surface area contributed by atoms with Crippen LogP contribution >= 0.6 is 23.8 Å². The summed E-state index contributed by atoms with van der Waals surface area (Å²) in [5.74, 6) is -0.943. The number of carboxylic acid groups (broad SMARTS) is 1. The van der Waals surface area contributed by atoms with E-state index in [2.05, 4.69) is 5.32 Å². The van der Waals surface area contributed by atoms with Crippen LogP contribution in [-0.2, 0) is 9.59 Å². The maximum absolute atomic E-state index is 12.3. The quantitative estimate of drug-likeness (QED) is 0.647. The molecule has 1 aromatic heterocycles. The summed E-state index contributed by atoms with van der Waals surface area (Å²) in [5.41, 5.74) is 0.927. The average molecular weight is 376 g/mol. The number of rotatable bonds is 4. The van der Waals surface area contributed by atoms with Crippen molar-refractivity contribution in [2.75, 3.05) is 0 Å². The molecule has 1 fully saturated rings. The fourth-order valence-electron chi connectivity index (χ4n) is 2.38. The summed E-state index contributed by atoms with van der Waals surface area (Å²) in [6.07, 6.45) is 1.46. The van der Waals surface area contributed by atoms with Gasteiger partial charge in [0.25, 0.3) is 5.91 Å². The first-order valence-electron chi connectivity index (χ1n) is 7.29. The molecule has 1 amide bonds. The average Bonchev–Trinajstić information content (AvgIpc) is 3.12. The molecule has 0 spiro atoms. The topological polar surface area (TPSA) is 85.6 Å². The second kappa shape index (κ2) is 6.70. The van der Waals surface area contributed by atoms with Gasteiger partial charge in [-0.05, 0) is 43.4 Å². The minimum absolute atomic E-state index is 0.00886. The number of hydrogen-bond donors (Lipinski definition) is 1. The zero-order valence-corrected chi connectivity index (χ0v) is 14.6. The normalized spacial score (nSPS) is 17.0. The molecule has 1 aliphatic heterocycles. The van der Waals surface area contributed by atoms with Crippen LogP contribution in [0.25, 0.3) is 17.4 Å². The third-order valence-electron chi connectivity index (χ3n) is 3.66. The molecule has 1 aromatic carbocycles. The third-order valence-corrected chi connectivity index (χ3v) is 4.19. The minimum atomic E-state index is -1.39. The van der Waals surface area contributed by atoms with E-state index in [0.29, 0.717) is 16.5 Å². The van der Waals surface area contributed by atoms with Gasteiger partial charge in [0.15, 0.2) is 5.11 Å². The Kier molecular flexibility index (Phi) is 4.61. The van der Waals surface area contributed by atoms with Gasteiger partial charge in [0, 0.05) is 16.7 Å². The number of halogens is 1. The molecular formula is C17H12ClN2O4S-. The second-order valence-corrected chi connectivity index (χ2v) is 6.19. The molecule has 1 saturated heterocycles. The summed E-state index contributed by atoms with van der Waals surface area (Å²) in [7, 11) is 0. The predicted molar refractivity (Wildman–Crippen MR) is 94.2 cm³/mol. The molecule has 1 atom stereocenters. The van der Waals surface area contributed by atoms with Gasteiger partial charge in [0.1, 0.15) is 17.2 Å². The molecule has 2 aromatic rings. The largest absolute Gasteiger partial charge is 0.548 e. The molecule has 25 heavy (non-hydrogen) atoms. The minimum Gasteiger partial charge on any atom is -0.548 e. The molecule has 0 saturated carbocycles. The molecule has 2 heterocycles. The maximum atomic E-state index is 12.3. The molecule has 128 valence electrons. The van der Waals surface area contributed by atoms with Crippen LogP contribution in [0.4, 0.5) is 0 Å². The number of carbonyl (C=O) groups excluding carboxylic acids is 2. The fourth-order valence-corrected chi connectivity index (χ4v) is 2.92. The van der Waals surface area contributed by atoms with Crippen molar-refractivity contribution in [1.29, 1.82) is 0 Å². The van der Waals surface area contributed by atoms with E-state index in [0.717, 1.165) is 10.5 Å². The second-order valence-electron chi connectivity index (χ2n) is 5.37. The Hall–Kier alpha value is -2.64. The van der Waals surface area contributed by atoms with Crippen molar-refractivity contribution in [2.45, 2.75) is 13.0 Å². The van der Waals surface area contributed by atoms with Gasteiger partial charge in [-0.25, -0.2) is 0 Å². The Labute approximate surface area is 153 Å². The molecule has 0 aliphatic carbocycles. The number of nitrogens with zero attached hydrogens (tertiary/aromatic N) is 1. The van der Waals surface area contributed by atoms with Crippen molar-refractivity contribution in [3.63, 3.8) is 0 Å². The van der Waals surface area contributed by atoms with Crippen LogP contribution in [-0.4, -0.2) is 27.9 Å². The van der Waals surface area contributed by atoms with Crippen molar-refractivity contribution >= 4 is 46.9 Å². The van der Waals surface area contributed by atoms with Gasteiger partial charge in [-0.1, -0.05) is 23.7 Å². The molecule has 0 bridgehead atoms. The van der Waals surface area contributed by atoms with Crippen LogP contribution in [0, 0.1) is 0 Å². The summed E-state index contributed by atoms with van der Waals surface area (Å²) in [6, 6.07) is 9.43.